The van der Waals surface area contributed by atoms with E-state index in [9.17, 15) is 0 Å². The predicted octanol–water partition coefficient (Wildman–Crippen LogP) is 3.14. The van der Waals surface area contributed by atoms with Gasteiger partial charge in [-0.05, 0) is 41.8 Å². The number of hydrogen-bond donors (Lipinski definition) is 2. The molecule has 3 nitrogen and oxygen atoms in total. The molecule has 1 unspecified atom stereocenters. The number of hydrazine groups is 1. The van der Waals surface area contributed by atoms with Crippen LogP contribution in [-0.4, -0.2) is 4.98 Å². The van der Waals surface area contributed by atoms with Gasteiger partial charge >= 0.3 is 0 Å². The lowest BCUT2D eigenvalue weighted by Gasteiger charge is -2.16. The number of pyridine rings is 1. The van der Waals surface area contributed by atoms with E-state index in [0.717, 1.165) is 22.6 Å². The van der Waals surface area contributed by atoms with Crippen molar-refractivity contribution in [3.8, 4) is 0 Å². The first-order valence-electron chi connectivity index (χ1n) is 5.51. The van der Waals surface area contributed by atoms with Crippen molar-refractivity contribution >= 4 is 23.2 Å². The first-order chi connectivity index (χ1) is 8.69. The van der Waals surface area contributed by atoms with Crippen LogP contribution in [0.2, 0.25) is 10.2 Å². The van der Waals surface area contributed by atoms with Crippen LogP contribution >= 0.6 is 23.2 Å². The molecule has 0 aliphatic carbocycles. The predicted molar refractivity (Wildman–Crippen MR) is 74.5 cm³/mol. The lowest BCUT2D eigenvalue weighted by molar-refractivity contribution is 0.551. The minimum absolute atomic E-state index is 0.00771. The summed E-state index contributed by atoms with van der Waals surface area (Å²) in [7, 11) is 0. The van der Waals surface area contributed by atoms with Crippen LogP contribution < -0.4 is 11.3 Å². The standard InChI is InChI=1S/C13H13Cl2N3/c14-11-3-1-9(2-4-11)7-12(18-16)10-5-6-17-13(15)8-10/h1-6,8,12,18H,7,16H2. The Morgan fingerprint density at radius 2 is 1.89 bits per heavy atom. The van der Waals surface area contributed by atoms with E-state index < -0.39 is 0 Å². The number of benzene rings is 1. The molecule has 0 spiro atoms. The fourth-order valence-corrected chi connectivity index (χ4v) is 2.07. The lowest BCUT2D eigenvalue weighted by Crippen LogP contribution is -2.29. The number of aromatic nitrogens is 1. The molecule has 2 aromatic rings. The zero-order valence-electron chi connectivity index (χ0n) is 9.61. The van der Waals surface area contributed by atoms with Gasteiger partial charge < -0.3 is 0 Å². The van der Waals surface area contributed by atoms with Crippen LogP contribution in [0.15, 0.2) is 42.6 Å². The second-order valence-corrected chi connectivity index (χ2v) is 4.79. The summed E-state index contributed by atoms with van der Waals surface area (Å²) in [5, 5.41) is 1.19. The van der Waals surface area contributed by atoms with Gasteiger partial charge in [0.25, 0.3) is 0 Å². The third-order valence-corrected chi connectivity index (χ3v) is 3.17. The van der Waals surface area contributed by atoms with Gasteiger partial charge in [-0.15, -0.1) is 0 Å². The third kappa shape index (κ3) is 3.43. The zero-order valence-corrected chi connectivity index (χ0v) is 11.1. The van der Waals surface area contributed by atoms with Gasteiger partial charge in [0.2, 0.25) is 0 Å². The Labute approximate surface area is 116 Å². The summed E-state index contributed by atoms with van der Waals surface area (Å²) in [6.45, 7) is 0. The highest BCUT2D eigenvalue weighted by atomic mass is 35.5. The van der Waals surface area contributed by atoms with Crippen LogP contribution in [0, 0.1) is 0 Å². The molecule has 0 fully saturated rings. The molecule has 0 bridgehead atoms. The summed E-state index contributed by atoms with van der Waals surface area (Å²) in [6, 6.07) is 11.4. The average molecular weight is 282 g/mol. The maximum Gasteiger partial charge on any atom is 0.129 e. The molecule has 1 aromatic heterocycles. The Hall–Kier alpha value is -1.13. The molecular weight excluding hydrogens is 269 g/mol. The maximum absolute atomic E-state index is 5.87. The number of nitrogens with zero attached hydrogens (tertiary/aromatic N) is 1. The first kappa shape index (κ1) is 13.3. The van der Waals surface area contributed by atoms with Crippen molar-refractivity contribution in [2.75, 3.05) is 0 Å². The number of nitrogens with two attached hydrogens (primary N) is 1. The fourth-order valence-electron chi connectivity index (χ4n) is 1.76. The second-order valence-electron chi connectivity index (χ2n) is 3.96. The molecule has 1 heterocycles. The number of halogens is 2. The first-order valence-corrected chi connectivity index (χ1v) is 6.26. The minimum atomic E-state index is -0.00771. The van der Waals surface area contributed by atoms with E-state index in [1.165, 1.54) is 0 Å². The average Bonchev–Trinajstić information content (AvgIpc) is 2.38. The Bertz CT molecular complexity index is 514. The zero-order chi connectivity index (χ0) is 13.0. The molecular formula is C13H13Cl2N3. The van der Waals surface area contributed by atoms with Crippen LogP contribution in [0.3, 0.4) is 0 Å². The van der Waals surface area contributed by atoms with Crippen LogP contribution in [0.1, 0.15) is 17.2 Å². The van der Waals surface area contributed by atoms with Gasteiger partial charge in [-0.3, -0.25) is 11.3 Å². The SMILES string of the molecule is NNC(Cc1ccc(Cl)cc1)c1ccnc(Cl)c1. The van der Waals surface area contributed by atoms with Gasteiger partial charge in [0.15, 0.2) is 0 Å². The van der Waals surface area contributed by atoms with Crippen molar-refractivity contribution in [1.29, 1.82) is 0 Å². The van der Waals surface area contributed by atoms with E-state index in [1.807, 2.05) is 36.4 Å². The summed E-state index contributed by atoms with van der Waals surface area (Å²) in [5.74, 6) is 5.59. The Morgan fingerprint density at radius 3 is 2.50 bits per heavy atom. The number of nitrogens with one attached hydrogen (secondary N) is 1. The molecule has 0 radical (unpaired) electrons. The van der Waals surface area contributed by atoms with Gasteiger partial charge in [-0.2, -0.15) is 0 Å². The molecule has 94 valence electrons. The van der Waals surface area contributed by atoms with Gasteiger partial charge in [-0.1, -0.05) is 35.3 Å². The Balaban J connectivity index is 2.17. The van der Waals surface area contributed by atoms with Gasteiger partial charge in [0.1, 0.15) is 5.15 Å². The van der Waals surface area contributed by atoms with Crippen molar-refractivity contribution < 1.29 is 0 Å². The molecule has 0 amide bonds. The van der Waals surface area contributed by atoms with Crippen molar-refractivity contribution in [3.05, 3.63) is 63.9 Å². The van der Waals surface area contributed by atoms with E-state index in [2.05, 4.69) is 10.4 Å². The monoisotopic (exact) mass is 281 g/mol. The van der Waals surface area contributed by atoms with E-state index in [4.69, 9.17) is 29.0 Å². The number of rotatable bonds is 4. The summed E-state index contributed by atoms with van der Waals surface area (Å²) >= 11 is 11.7. The molecule has 0 aliphatic rings. The van der Waals surface area contributed by atoms with Gasteiger partial charge in [-0.25, -0.2) is 4.98 Å². The Kier molecular flexibility index (Phi) is 4.55. The molecule has 0 saturated carbocycles. The molecule has 18 heavy (non-hydrogen) atoms. The maximum atomic E-state index is 5.87. The summed E-state index contributed by atoms with van der Waals surface area (Å²) in [6.07, 6.45) is 2.43. The van der Waals surface area contributed by atoms with Crippen molar-refractivity contribution in [2.24, 2.45) is 5.84 Å². The molecule has 0 aliphatic heterocycles. The molecule has 0 saturated heterocycles. The number of hydrogen-bond acceptors (Lipinski definition) is 3. The largest absolute Gasteiger partial charge is 0.271 e. The van der Waals surface area contributed by atoms with Crippen molar-refractivity contribution in [2.45, 2.75) is 12.5 Å². The van der Waals surface area contributed by atoms with Crippen molar-refractivity contribution in [3.63, 3.8) is 0 Å². The topological polar surface area (TPSA) is 50.9 Å². The van der Waals surface area contributed by atoms with Crippen LogP contribution in [0.4, 0.5) is 0 Å². The third-order valence-electron chi connectivity index (χ3n) is 2.71. The molecule has 3 N–H and O–H groups in total. The van der Waals surface area contributed by atoms with E-state index in [1.54, 1.807) is 6.20 Å². The molecule has 5 heteroatoms. The Morgan fingerprint density at radius 1 is 1.17 bits per heavy atom. The smallest absolute Gasteiger partial charge is 0.129 e. The minimum Gasteiger partial charge on any atom is -0.271 e. The highest BCUT2D eigenvalue weighted by molar-refractivity contribution is 6.30. The normalized spacial score (nSPS) is 12.4. The van der Waals surface area contributed by atoms with E-state index >= 15 is 0 Å². The fraction of sp³-hybridized carbons (Fsp3) is 0.154. The molecule has 2 rings (SSSR count). The van der Waals surface area contributed by atoms with Crippen LogP contribution in [0.25, 0.3) is 0 Å². The molecule has 1 aromatic carbocycles. The molecule has 1 atom stereocenters. The van der Waals surface area contributed by atoms with Crippen molar-refractivity contribution in [1.82, 2.24) is 10.4 Å². The van der Waals surface area contributed by atoms with E-state index in [-0.39, 0.29) is 6.04 Å². The van der Waals surface area contributed by atoms with Crippen LogP contribution in [-0.2, 0) is 6.42 Å². The van der Waals surface area contributed by atoms with Gasteiger partial charge in [0, 0.05) is 11.2 Å². The summed E-state index contributed by atoms with van der Waals surface area (Å²) in [4.78, 5) is 3.95. The van der Waals surface area contributed by atoms with E-state index in [0.29, 0.717) is 5.15 Å². The highest BCUT2D eigenvalue weighted by Gasteiger charge is 2.11. The lowest BCUT2D eigenvalue weighted by atomic mass is 10.0. The van der Waals surface area contributed by atoms with Crippen LogP contribution in [0.5, 0.6) is 0 Å². The highest BCUT2D eigenvalue weighted by Crippen LogP contribution is 2.20. The summed E-state index contributed by atoms with van der Waals surface area (Å²) < 4.78 is 0. The quantitative estimate of drug-likeness (QED) is 0.514. The van der Waals surface area contributed by atoms with Gasteiger partial charge in [0.05, 0.1) is 6.04 Å². The summed E-state index contributed by atoms with van der Waals surface area (Å²) in [5.41, 5.74) is 4.94. The second kappa shape index (κ2) is 6.16.